The number of benzene rings is 1. The molecule has 5 heteroatoms. The zero-order chi connectivity index (χ0) is 13.0. The number of amides is 1. The molecule has 1 amide bonds. The van der Waals surface area contributed by atoms with Crippen molar-refractivity contribution in [1.29, 1.82) is 0 Å². The van der Waals surface area contributed by atoms with E-state index in [0.29, 0.717) is 22.7 Å². The summed E-state index contributed by atoms with van der Waals surface area (Å²) in [5.41, 5.74) is 1.07. The molecule has 1 aromatic carbocycles. The molecule has 0 saturated heterocycles. The fraction of sp³-hybridized carbons (Fsp3) is 0.333. The van der Waals surface area contributed by atoms with Crippen LogP contribution in [0.5, 0.6) is 0 Å². The number of Topliss-reactive ketones (excluding diaryl/α,β-unsaturated/α-hetero) is 1. The van der Waals surface area contributed by atoms with E-state index >= 15 is 0 Å². The normalized spacial score (nSPS) is 10.1. The Balaban J connectivity index is 3.23. The van der Waals surface area contributed by atoms with Gasteiger partial charge in [0.1, 0.15) is 0 Å². The highest BCUT2D eigenvalue weighted by atomic mass is 79.9. The fourth-order valence-corrected chi connectivity index (χ4v) is 1.99. The molecule has 1 aromatic rings. The number of anilines is 1. The third kappa shape index (κ3) is 3.30. The van der Waals surface area contributed by atoms with Crippen LogP contribution in [-0.4, -0.2) is 24.1 Å². The predicted octanol–water partition coefficient (Wildman–Crippen LogP) is 3.29. The molecule has 0 N–H and O–H groups in total. The van der Waals surface area contributed by atoms with Crippen LogP contribution in [0.25, 0.3) is 0 Å². The standard InChI is InChI=1S/C12H13BrClNO2/c1-3-11(16)9-6-8(14)4-5-10(9)15(2)12(17)7-13/h4-6H,3,7H2,1-2H3. The number of hydrogen-bond donors (Lipinski definition) is 0. The first-order valence-electron chi connectivity index (χ1n) is 5.16. The van der Waals surface area contributed by atoms with Crippen LogP contribution in [0.4, 0.5) is 5.69 Å². The van der Waals surface area contributed by atoms with Gasteiger partial charge in [-0.2, -0.15) is 0 Å². The van der Waals surface area contributed by atoms with Crippen molar-refractivity contribution in [2.24, 2.45) is 0 Å². The molecule has 0 spiro atoms. The van der Waals surface area contributed by atoms with Gasteiger partial charge in [0.2, 0.25) is 5.91 Å². The van der Waals surface area contributed by atoms with E-state index in [1.54, 1.807) is 32.2 Å². The average molecular weight is 319 g/mol. The largest absolute Gasteiger partial charge is 0.314 e. The minimum absolute atomic E-state index is 0.0308. The minimum atomic E-state index is -0.113. The van der Waals surface area contributed by atoms with Gasteiger partial charge in [0, 0.05) is 24.1 Å². The predicted molar refractivity (Wildman–Crippen MR) is 73.3 cm³/mol. The van der Waals surface area contributed by atoms with Gasteiger partial charge in [0.25, 0.3) is 0 Å². The highest BCUT2D eigenvalue weighted by molar-refractivity contribution is 9.09. The number of alkyl halides is 1. The molecule has 92 valence electrons. The van der Waals surface area contributed by atoms with Crippen LogP contribution in [0.1, 0.15) is 23.7 Å². The maximum Gasteiger partial charge on any atom is 0.237 e. The van der Waals surface area contributed by atoms with E-state index in [1.165, 1.54) is 4.90 Å². The first-order valence-corrected chi connectivity index (χ1v) is 6.66. The Morgan fingerprint density at radius 3 is 2.59 bits per heavy atom. The van der Waals surface area contributed by atoms with Gasteiger partial charge in [0.05, 0.1) is 11.0 Å². The van der Waals surface area contributed by atoms with Gasteiger partial charge >= 0.3 is 0 Å². The molecule has 0 aliphatic carbocycles. The monoisotopic (exact) mass is 317 g/mol. The third-order valence-corrected chi connectivity index (χ3v) is 3.14. The zero-order valence-corrected chi connectivity index (χ0v) is 12.0. The topological polar surface area (TPSA) is 37.4 Å². The summed E-state index contributed by atoms with van der Waals surface area (Å²) in [4.78, 5) is 24.8. The molecule has 0 fully saturated rings. The lowest BCUT2D eigenvalue weighted by molar-refractivity contribution is -0.115. The van der Waals surface area contributed by atoms with Crippen molar-refractivity contribution < 1.29 is 9.59 Å². The van der Waals surface area contributed by atoms with Crippen molar-refractivity contribution in [3.05, 3.63) is 28.8 Å². The second kappa shape index (κ2) is 6.17. The number of ketones is 1. The van der Waals surface area contributed by atoms with Gasteiger partial charge in [-0.05, 0) is 18.2 Å². The summed E-state index contributed by atoms with van der Waals surface area (Å²) in [6.07, 6.45) is 0.379. The molecular weight excluding hydrogens is 305 g/mol. The lowest BCUT2D eigenvalue weighted by Crippen LogP contribution is -2.28. The quantitative estimate of drug-likeness (QED) is 0.631. The van der Waals surface area contributed by atoms with E-state index in [2.05, 4.69) is 15.9 Å². The summed E-state index contributed by atoms with van der Waals surface area (Å²) in [6, 6.07) is 4.95. The summed E-state index contributed by atoms with van der Waals surface area (Å²) < 4.78 is 0. The Morgan fingerprint density at radius 1 is 1.41 bits per heavy atom. The molecule has 0 saturated carbocycles. The van der Waals surface area contributed by atoms with Crippen LogP contribution in [0, 0.1) is 0 Å². The highest BCUT2D eigenvalue weighted by Crippen LogP contribution is 2.25. The Labute approximate surface area is 114 Å². The van der Waals surface area contributed by atoms with E-state index in [1.807, 2.05) is 0 Å². The second-order valence-corrected chi connectivity index (χ2v) is 4.52. The van der Waals surface area contributed by atoms with Crippen LogP contribution >= 0.6 is 27.5 Å². The van der Waals surface area contributed by atoms with Gasteiger partial charge in [-0.25, -0.2) is 0 Å². The highest BCUT2D eigenvalue weighted by Gasteiger charge is 2.17. The van der Waals surface area contributed by atoms with Crippen molar-refractivity contribution >= 4 is 44.9 Å². The molecular formula is C12H13BrClNO2. The number of carbonyl (C=O) groups excluding carboxylic acids is 2. The second-order valence-electron chi connectivity index (χ2n) is 3.52. The van der Waals surface area contributed by atoms with Crippen LogP contribution in [0.15, 0.2) is 18.2 Å². The Morgan fingerprint density at radius 2 is 2.06 bits per heavy atom. The molecule has 0 radical (unpaired) electrons. The molecule has 0 bridgehead atoms. The molecule has 0 unspecified atom stereocenters. The van der Waals surface area contributed by atoms with E-state index < -0.39 is 0 Å². The van der Waals surface area contributed by atoms with Crippen LogP contribution < -0.4 is 4.90 Å². The van der Waals surface area contributed by atoms with Gasteiger partial charge in [-0.3, -0.25) is 9.59 Å². The number of carbonyl (C=O) groups is 2. The summed E-state index contributed by atoms with van der Waals surface area (Å²) in [6.45, 7) is 1.78. The summed E-state index contributed by atoms with van der Waals surface area (Å²) >= 11 is 8.97. The smallest absolute Gasteiger partial charge is 0.237 e. The van der Waals surface area contributed by atoms with Gasteiger partial charge in [-0.1, -0.05) is 34.5 Å². The maximum absolute atomic E-state index is 11.8. The van der Waals surface area contributed by atoms with Gasteiger partial charge in [0.15, 0.2) is 5.78 Å². The molecule has 3 nitrogen and oxygen atoms in total. The minimum Gasteiger partial charge on any atom is -0.314 e. The molecule has 0 atom stereocenters. The Hall–Kier alpha value is -0.870. The molecule has 0 heterocycles. The number of halogens is 2. The molecule has 0 aromatic heterocycles. The van der Waals surface area contributed by atoms with Crippen molar-refractivity contribution in [2.75, 3.05) is 17.3 Å². The van der Waals surface area contributed by atoms with Crippen molar-refractivity contribution in [3.8, 4) is 0 Å². The van der Waals surface area contributed by atoms with Crippen LogP contribution in [0.2, 0.25) is 5.02 Å². The first kappa shape index (κ1) is 14.2. The van der Waals surface area contributed by atoms with E-state index in [9.17, 15) is 9.59 Å². The average Bonchev–Trinajstić information content (AvgIpc) is 2.35. The van der Waals surface area contributed by atoms with Crippen molar-refractivity contribution in [2.45, 2.75) is 13.3 Å². The molecule has 17 heavy (non-hydrogen) atoms. The van der Waals surface area contributed by atoms with Gasteiger partial charge < -0.3 is 4.90 Å². The third-order valence-electron chi connectivity index (χ3n) is 2.43. The Bertz CT molecular complexity index is 448. The molecule has 1 rings (SSSR count). The lowest BCUT2D eigenvalue weighted by Gasteiger charge is -2.19. The number of nitrogens with zero attached hydrogens (tertiary/aromatic N) is 1. The molecule has 0 aliphatic rings. The fourth-order valence-electron chi connectivity index (χ4n) is 1.44. The van der Waals surface area contributed by atoms with Crippen molar-refractivity contribution in [3.63, 3.8) is 0 Å². The maximum atomic E-state index is 11.8. The van der Waals surface area contributed by atoms with Crippen molar-refractivity contribution in [1.82, 2.24) is 0 Å². The zero-order valence-electron chi connectivity index (χ0n) is 9.67. The first-order chi connectivity index (χ1) is 8.01. The van der Waals surface area contributed by atoms with Gasteiger partial charge in [-0.15, -0.1) is 0 Å². The van der Waals surface area contributed by atoms with Crippen LogP contribution in [-0.2, 0) is 4.79 Å². The molecule has 0 aliphatic heterocycles. The summed E-state index contributed by atoms with van der Waals surface area (Å²) in [5.74, 6) is -0.144. The van der Waals surface area contributed by atoms with E-state index in [4.69, 9.17) is 11.6 Å². The Kier molecular flexibility index (Phi) is 5.15. The lowest BCUT2D eigenvalue weighted by atomic mass is 10.1. The summed E-state index contributed by atoms with van der Waals surface area (Å²) in [7, 11) is 1.64. The summed E-state index contributed by atoms with van der Waals surface area (Å²) in [5, 5.41) is 0.705. The van der Waals surface area contributed by atoms with Crippen LogP contribution in [0.3, 0.4) is 0 Å². The van der Waals surface area contributed by atoms with E-state index in [0.717, 1.165) is 0 Å². The van der Waals surface area contributed by atoms with E-state index in [-0.39, 0.29) is 17.0 Å². The number of hydrogen-bond acceptors (Lipinski definition) is 2. The SMILES string of the molecule is CCC(=O)c1cc(Cl)ccc1N(C)C(=O)CBr. The number of rotatable bonds is 4.